The van der Waals surface area contributed by atoms with E-state index in [0.717, 1.165) is 37.0 Å². The van der Waals surface area contributed by atoms with E-state index >= 15 is 0 Å². The van der Waals surface area contributed by atoms with E-state index in [1.54, 1.807) is 0 Å². The van der Waals surface area contributed by atoms with E-state index in [9.17, 15) is 4.79 Å². The maximum Gasteiger partial charge on any atom is 0.239 e. The standard InChI is InChI=1S/C28H30N4O/c29-24(18-19-9-10-20-5-1-2-6-22(20)17-19)28(33)31-15-13-23(14-16-31)32-26-8-4-3-7-25(26)30-27(32)21-11-12-21/h1-10,17,21,23-24H,11-16,18,29H2. The van der Waals surface area contributed by atoms with Crippen LogP contribution in [0.3, 0.4) is 0 Å². The Morgan fingerprint density at radius 1 is 0.939 bits per heavy atom. The van der Waals surface area contributed by atoms with Crippen LogP contribution in [-0.2, 0) is 11.2 Å². The highest BCUT2D eigenvalue weighted by atomic mass is 16.2. The third-order valence-electron chi connectivity index (χ3n) is 7.29. The Labute approximate surface area is 194 Å². The first-order chi connectivity index (χ1) is 16.2. The van der Waals surface area contributed by atoms with Gasteiger partial charge in [0.25, 0.3) is 0 Å². The average Bonchev–Trinajstić information content (AvgIpc) is 3.63. The molecule has 0 spiro atoms. The number of nitrogens with two attached hydrogens (primary N) is 1. The normalized spacial score (nSPS) is 18.2. The van der Waals surface area contributed by atoms with Crippen LogP contribution in [-0.4, -0.2) is 39.5 Å². The molecule has 168 valence electrons. The Bertz CT molecular complexity index is 1310. The molecule has 0 bridgehead atoms. The van der Waals surface area contributed by atoms with E-state index in [4.69, 9.17) is 10.7 Å². The highest BCUT2D eigenvalue weighted by Gasteiger charge is 2.34. The van der Waals surface area contributed by atoms with Crippen molar-refractivity contribution in [2.45, 2.75) is 50.1 Å². The van der Waals surface area contributed by atoms with E-state index in [0.29, 0.717) is 18.4 Å². The van der Waals surface area contributed by atoms with Crippen molar-refractivity contribution in [3.8, 4) is 0 Å². The number of hydrogen-bond acceptors (Lipinski definition) is 3. The molecule has 6 rings (SSSR count). The Balaban J connectivity index is 1.14. The maximum absolute atomic E-state index is 13.1. The molecule has 3 aromatic carbocycles. The Morgan fingerprint density at radius 3 is 2.45 bits per heavy atom. The van der Waals surface area contributed by atoms with Crippen LogP contribution >= 0.6 is 0 Å². The summed E-state index contributed by atoms with van der Waals surface area (Å²) in [5.41, 5.74) is 9.83. The molecule has 5 nitrogen and oxygen atoms in total. The number of nitrogens with zero attached hydrogens (tertiary/aromatic N) is 3. The maximum atomic E-state index is 13.1. The molecule has 1 saturated heterocycles. The van der Waals surface area contributed by atoms with Gasteiger partial charge in [0.05, 0.1) is 17.1 Å². The number of imidazole rings is 1. The number of rotatable bonds is 5. The molecule has 5 heteroatoms. The van der Waals surface area contributed by atoms with Crippen molar-refractivity contribution in [2.24, 2.45) is 5.73 Å². The first-order valence-corrected chi connectivity index (χ1v) is 12.2. The topological polar surface area (TPSA) is 64.2 Å². The molecular formula is C28H30N4O. The first-order valence-electron chi connectivity index (χ1n) is 12.2. The van der Waals surface area contributed by atoms with Crippen LogP contribution in [0.4, 0.5) is 0 Å². The number of likely N-dealkylation sites (tertiary alicyclic amines) is 1. The van der Waals surface area contributed by atoms with Gasteiger partial charge in [0.2, 0.25) is 5.91 Å². The summed E-state index contributed by atoms with van der Waals surface area (Å²) in [6.45, 7) is 1.51. The van der Waals surface area contributed by atoms with Gasteiger partial charge in [0, 0.05) is 25.0 Å². The second-order valence-corrected chi connectivity index (χ2v) is 9.65. The van der Waals surface area contributed by atoms with E-state index < -0.39 is 6.04 Å². The molecule has 2 heterocycles. The van der Waals surface area contributed by atoms with Gasteiger partial charge in [0.1, 0.15) is 5.82 Å². The molecule has 1 atom stereocenters. The third-order valence-corrected chi connectivity index (χ3v) is 7.29. The van der Waals surface area contributed by atoms with Gasteiger partial charge >= 0.3 is 0 Å². The summed E-state index contributed by atoms with van der Waals surface area (Å²) >= 11 is 0. The number of fused-ring (bicyclic) bond motifs is 2. The lowest BCUT2D eigenvalue weighted by Gasteiger charge is -2.35. The van der Waals surface area contributed by atoms with Crippen LogP contribution in [0.2, 0.25) is 0 Å². The molecule has 2 N–H and O–H groups in total. The molecule has 4 aromatic rings. The van der Waals surface area contributed by atoms with Crippen LogP contribution < -0.4 is 5.73 Å². The van der Waals surface area contributed by atoms with E-state index in [-0.39, 0.29) is 5.91 Å². The fraction of sp³-hybridized carbons (Fsp3) is 0.357. The van der Waals surface area contributed by atoms with Crippen molar-refractivity contribution < 1.29 is 4.79 Å². The minimum Gasteiger partial charge on any atom is -0.341 e. The number of benzene rings is 3. The highest BCUT2D eigenvalue weighted by molar-refractivity contribution is 5.84. The summed E-state index contributed by atoms with van der Waals surface area (Å²) < 4.78 is 2.48. The van der Waals surface area contributed by atoms with Crippen LogP contribution in [0.15, 0.2) is 66.7 Å². The predicted octanol–water partition coefficient (Wildman–Crippen LogP) is 4.80. The quantitative estimate of drug-likeness (QED) is 0.487. The lowest BCUT2D eigenvalue weighted by molar-refractivity contribution is -0.133. The van der Waals surface area contributed by atoms with Crippen molar-refractivity contribution >= 4 is 27.7 Å². The molecule has 2 fully saturated rings. The summed E-state index contributed by atoms with van der Waals surface area (Å²) in [5, 5.41) is 2.40. The van der Waals surface area contributed by atoms with Crippen molar-refractivity contribution in [3.63, 3.8) is 0 Å². The first kappa shape index (κ1) is 20.4. The van der Waals surface area contributed by atoms with Gasteiger partial charge in [-0.2, -0.15) is 0 Å². The molecule has 0 radical (unpaired) electrons. The summed E-state index contributed by atoms with van der Waals surface area (Å²) in [5.74, 6) is 1.92. The summed E-state index contributed by atoms with van der Waals surface area (Å²) in [4.78, 5) is 20.1. The average molecular weight is 439 g/mol. The molecular weight excluding hydrogens is 408 g/mol. The second kappa shape index (κ2) is 8.31. The van der Waals surface area contributed by atoms with Crippen LogP contribution in [0.1, 0.15) is 49.0 Å². The zero-order valence-electron chi connectivity index (χ0n) is 18.9. The van der Waals surface area contributed by atoms with Crippen molar-refractivity contribution in [1.82, 2.24) is 14.5 Å². The number of piperidine rings is 1. The van der Waals surface area contributed by atoms with Gasteiger partial charge in [-0.05, 0) is 60.6 Å². The van der Waals surface area contributed by atoms with Crippen molar-refractivity contribution in [1.29, 1.82) is 0 Å². The second-order valence-electron chi connectivity index (χ2n) is 9.65. The fourth-order valence-electron chi connectivity index (χ4n) is 5.36. The van der Waals surface area contributed by atoms with Gasteiger partial charge in [0.15, 0.2) is 0 Å². The molecule has 1 amide bonds. The van der Waals surface area contributed by atoms with Crippen LogP contribution in [0.25, 0.3) is 21.8 Å². The summed E-state index contributed by atoms with van der Waals surface area (Å²) in [6, 6.07) is 23.0. The van der Waals surface area contributed by atoms with Crippen LogP contribution in [0, 0.1) is 0 Å². The molecule has 1 saturated carbocycles. The fourth-order valence-corrected chi connectivity index (χ4v) is 5.36. The van der Waals surface area contributed by atoms with Gasteiger partial charge < -0.3 is 15.2 Å². The van der Waals surface area contributed by atoms with Gasteiger partial charge in [-0.1, -0.05) is 54.6 Å². The number of amides is 1. The van der Waals surface area contributed by atoms with Gasteiger partial charge in [-0.3, -0.25) is 4.79 Å². The molecule has 33 heavy (non-hydrogen) atoms. The Kier molecular flexibility index (Phi) is 5.14. The third kappa shape index (κ3) is 3.91. The molecule has 2 aliphatic rings. The van der Waals surface area contributed by atoms with E-state index in [2.05, 4.69) is 59.2 Å². The van der Waals surface area contributed by atoms with Crippen molar-refractivity contribution in [2.75, 3.05) is 13.1 Å². The molecule has 1 aromatic heterocycles. The number of hydrogen-bond donors (Lipinski definition) is 1. The monoisotopic (exact) mass is 438 g/mol. The van der Waals surface area contributed by atoms with Crippen LogP contribution in [0.5, 0.6) is 0 Å². The Hall–Kier alpha value is -3.18. The smallest absolute Gasteiger partial charge is 0.239 e. The molecule has 1 aliphatic carbocycles. The van der Waals surface area contributed by atoms with E-state index in [1.807, 2.05) is 17.0 Å². The number of aromatic nitrogens is 2. The number of carbonyl (C=O) groups excluding carboxylic acids is 1. The number of carbonyl (C=O) groups is 1. The molecule has 1 aliphatic heterocycles. The Morgan fingerprint density at radius 2 is 1.67 bits per heavy atom. The number of para-hydroxylation sites is 2. The minimum atomic E-state index is -0.501. The zero-order chi connectivity index (χ0) is 22.4. The summed E-state index contributed by atoms with van der Waals surface area (Å²) in [7, 11) is 0. The van der Waals surface area contributed by atoms with Gasteiger partial charge in [-0.25, -0.2) is 4.98 Å². The summed E-state index contributed by atoms with van der Waals surface area (Å²) in [6.07, 6.45) is 4.96. The zero-order valence-corrected chi connectivity index (χ0v) is 18.9. The SMILES string of the molecule is NC(Cc1ccc2ccccc2c1)C(=O)N1CCC(n2c(C3CC3)nc3ccccc32)CC1. The van der Waals surface area contributed by atoms with E-state index in [1.165, 1.54) is 35.0 Å². The highest BCUT2D eigenvalue weighted by Crippen LogP contribution is 2.43. The lowest BCUT2D eigenvalue weighted by atomic mass is 9.99. The van der Waals surface area contributed by atoms with Crippen molar-refractivity contribution in [3.05, 3.63) is 78.1 Å². The molecule has 1 unspecified atom stereocenters. The minimum absolute atomic E-state index is 0.0690. The lowest BCUT2D eigenvalue weighted by Crippen LogP contribution is -2.48. The predicted molar refractivity (Wildman–Crippen MR) is 132 cm³/mol. The van der Waals surface area contributed by atoms with Gasteiger partial charge in [-0.15, -0.1) is 0 Å². The largest absolute Gasteiger partial charge is 0.341 e.